The number of rotatable bonds is 9. The van der Waals surface area contributed by atoms with Gasteiger partial charge in [-0.25, -0.2) is 0 Å². The number of thiophene rings is 1. The van der Waals surface area contributed by atoms with Gasteiger partial charge in [-0.3, -0.25) is 4.79 Å². The summed E-state index contributed by atoms with van der Waals surface area (Å²) in [4.78, 5) is 17.4. The maximum absolute atomic E-state index is 12.8. The van der Waals surface area contributed by atoms with Crippen molar-refractivity contribution in [2.75, 3.05) is 13.1 Å². The largest absolute Gasteiger partial charge is 0.342 e. The topological polar surface area (TPSA) is 20.3 Å². The standard InChI is InChI=1S/C20H35NOS/c1-7-10-13-21(15-16(8-2)9-3)19(22)14-17-11-12-18(23-17)20(4,5)6/h11-12,16H,7-10,13-15H2,1-6H3. The van der Waals surface area contributed by atoms with Crippen LogP contribution >= 0.6 is 11.3 Å². The summed E-state index contributed by atoms with van der Waals surface area (Å²) < 4.78 is 0. The van der Waals surface area contributed by atoms with E-state index in [-0.39, 0.29) is 5.41 Å². The van der Waals surface area contributed by atoms with Gasteiger partial charge in [-0.1, -0.05) is 60.8 Å². The van der Waals surface area contributed by atoms with E-state index in [1.54, 1.807) is 11.3 Å². The first kappa shape index (κ1) is 20.2. The number of hydrogen-bond acceptors (Lipinski definition) is 2. The molecule has 1 amide bonds. The van der Waals surface area contributed by atoms with Gasteiger partial charge in [-0.05, 0) is 29.9 Å². The van der Waals surface area contributed by atoms with Crippen LogP contribution in [-0.4, -0.2) is 23.9 Å². The summed E-state index contributed by atoms with van der Waals surface area (Å²) >= 11 is 1.79. The molecule has 23 heavy (non-hydrogen) atoms. The quantitative estimate of drug-likeness (QED) is 0.570. The molecule has 0 aliphatic rings. The maximum Gasteiger partial charge on any atom is 0.227 e. The average molecular weight is 338 g/mol. The molecule has 0 unspecified atom stereocenters. The number of carbonyl (C=O) groups excluding carboxylic acids is 1. The fourth-order valence-corrected chi connectivity index (χ4v) is 3.72. The predicted octanol–water partition coefficient (Wildman–Crippen LogP) is 5.65. The molecule has 0 radical (unpaired) electrons. The van der Waals surface area contributed by atoms with E-state index in [4.69, 9.17) is 0 Å². The average Bonchev–Trinajstić information content (AvgIpc) is 2.96. The second-order valence-electron chi connectivity index (χ2n) is 7.57. The van der Waals surface area contributed by atoms with E-state index in [1.807, 2.05) is 0 Å². The zero-order valence-electron chi connectivity index (χ0n) is 15.9. The van der Waals surface area contributed by atoms with Gasteiger partial charge >= 0.3 is 0 Å². The minimum Gasteiger partial charge on any atom is -0.342 e. The Balaban J connectivity index is 2.73. The Kier molecular flexibility index (Phi) is 8.32. The van der Waals surface area contributed by atoms with Gasteiger partial charge in [0.05, 0.1) is 6.42 Å². The van der Waals surface area contributed by atoms with Crippen molar-refractivity contribution in [3.8, 4) is 0 Å². The molecule has 0 aromatic carbocycles. The van der Waals surface area contributed by atoms with Crippen LogP contribution in [0.5, 0.6) is 0 Å². The molecule has 1 rings (SSSR count). The Labute approximate surface area is 147 Å². The number of unbranched alkanes of at least 4 members (excludes halogenated alkanes) is 1. The minimum absolute atomic E-state index is 0.170. The monoisotopic (exact) mass is 337 g/mol. The van der Waals surface area contributed by atoms with E-state index in [2.05, 4.69) is 58.6 Å². The molecular weight excluding hydrogens is 302 g/mol. The van der Waals surface area contributed by atoms with Crippen molar-refractivity contribution in [1.29, 1.82) is 0 Å². The van der Waals surface area contributed by atoms with Crippen LogP contribution in [0.3, 0.4) is 0 Å². The van der Waals surface area contributed by atoms with Crippen LogP contribution in [0.25, 0.3) is 0 Å². The zero-order chi connectivity index (χ0) is 17.5. The van der Waals surface area contributed by atoms with Gasteiger partial charge in [-0.15, -0.1) is 11.3 Å². The first-order valence-electron chi connectivity index (χ1n) is 9.18. The minimum atomic E-state index is 0.170. The normalized spacial score (nSPS) is 12.0. The van der Waals surface area contributed by atoms with Gasteiger partial charge < -0.3 is 4.90 Å². The summed E-state index contributed by atoms with van der Waals surface area (Å²) in [5.41, 5.74) is 0.170. The van der Waals surface area contributed by atoms with Gasteiger partial charge in [-0.2, -0.15) is 0 Å². The van der Waals surface area contributed by atoms with Gasteiger partial charge in [0.1, 0.15) is 0 Å². The van der Waals surface area contributed by atoms with E-state index in [0.29, 0.717) is 18.2 Å². The number of carbonyl (C=O) groups is 1. The van der Waals surface area contributed by atoms with Crippen LogP contribution in [0.15, 0.2) is 12.1 Å². The predicted molar refractivity (Wildman–Crippen MR) is 102 cm³/mol. The fourth-order valence-electron chi connectivity index (χ4n) is 2.66. The van der Waals surface area contributed by atoms with E-state index < -0.39 is 0 Å². The summed E-state index contributed by atoms with van der Waals surface area (Å²) in [6.07, 6.45) is 5.10. The molecular formula is C20H35NOS. The molecule has 0 N–H and O–H groups in total. The highest BCUT2D eigenvalue weighted by Gasteiger charge is 2.20. The Bertz CT molecular complexity index is 468. The van der Waals surface area contributed by atoms with E-state index in [1.165, 1.54) is 9.75 Å². The lowest BCUT2D eigenvalue weighted by Gasteiger charge is -2.26. The van der Waals surface area contributed by atoms with Crippen molar-refractivity contribution in [1.82, 2.24) is 4.90 Å². The zero-order valence-corrected chi connectivity index (χ0v) is 16.8. The van der Waals surface area contributed by atoms with Gasteiger partial charge in [0.15, 0.2) is 0 Å². The molecule has 0 atom stereocenters. The van der Waals surface area contributed by atoms with Crippen molar-refractivity contribution in [2.24, 2.45) is 5.92 Å². The highest BCUT2D eigenvalue weighted by Crippen LogP contribution is 2.30. The highest BCUT2D eigenvalue weighted by atomic mass is 32.1. The maximum atomic E-state index is 12.8. The Hall–Kier alpha value is -0.830. The van der Waals surface area contributed by atoms with Crippen molar-refractivity contribution in [2.45, 2.75) is 79.1 Å². The molecule has 0 bridgehead atoms. The number of hydrogen-bond donors (Lipinski definition) is 0. The van der Waals surface area contributed by atoms with E-state index in [9.17, 15) is 4.79 Å². The highest BCUT2D eigenvalue weighted by molar-refractivity contribution is 7.12. The SMILES string of the molecule is CCCCN(CC(CC)CC)C(=O)Cc1ccc(C(C)(C)C)s1. The Morgan fingerprint density at radius 1 is 1.17 bits per heavy atom. The molecule has 0 aliphatic heterocycles. The van der Waals surface area contributed by atoms with Crippen molar-refractivity contribution in [3.05, 3.63) is 21.9 Å². The first-order chi connectivity index (χ1) is 10.8. The van der Waals surface area contributed by atoms with Crippen LogP contribution in [-0.2, 0) is 16.6 Å². The molecule has 2 nitrogen and oxygen atoms in total. The molecule has 132 valence electrons. The third-order valence-electron chi connectivity index (χ3n) is 4.49. The summed E-state index contributed by atoms with van der Waals surface area (Å²) in [6, 6.07) is 4.32. The fraction of sp³-hybridized carbons (Fsp3) is 0.750. The molecule has 1 aromatic heterocycles. The van der Waals surface area contributed by atoms with E-state index >= 15 is 0 Å². The summed E-state index contributed by atoms with van der Waals surface area (Å²) in [6.45, 7) is 15.2. The summed E-state index contributed by atoms with van der Waals surface area (Å²) in [5.74, 6) is 0.928. The summed E-state index contributed by atoms with van der Waals surface area (Å²) in [5, 5.41) is 0. The Morgan fingerprint density at radius 3 is 2.30 bits per heavy atom. The molecule has 0 saturated carbocycles. The first-order valence-corrected chi connectivity index (χ1v) is 10.00. The third-order valence-corrected chi connectivity index (χ3v) is 6.00. The lowest BCUT2D eigenvalue weighted by molar-refractivity contribution is -0.131. The second-order valence-corrected chi connectivity index (χ2v) is 8.74. The Morgan fingerprint density at radius 2 is 1.83 bits per heavy atom. The van der Waals surface area contributed by atoms with E-state index in [0.717, 1.165) is 38.8 Å². The number of amides is 1. The lowest BCUT2D eigenvalue weighted by atomic mass is 9.95. The summed E-state index contributed by atoms with van der Waals surface area (Å²) in [7, 11) is 0. The van der Waals surface area contributed by atoms with Gasteiger partial charge in [0.2, 0.25) is 5.91 Å². The van der Waals surface area contributed by atoms with Crippen LogP contribution in [0.2, 0.25) is 0 Å². The molecule has 3 heteroatoms. The van der Waals surface area contributed by atoms with Crippen LogP contribution in [0.1, 0.15) is 77.0 Å². The second kappa shape index (κ2) is 9.46. The van der Waals surface area contributed by atoms with Gasteiger partial charge in [0.25, 0.3) is 0 Å². The van der Waals surface area contributed by atoms with Crippen molar-refractivity contribution >= 4 is 17.2 Å². The van der Waals surface area contributed by atoms with Crippen molar-refractivity contribution < 1.29 is 4.79 Å². The van der Waals surface area contributed by atoms with Crippen LogP contribution in [0, 0.1) is 5.92 Å². The smallest absolute Gasteiger partial charge is 0.227 e. The number of nitrogens with zero attached hydrogens (tertiary/aromatic N) is 1. The molecule has 0 spiro atoms. The molecule has 0 fully saturated rings. The van der Waals surface area contributed by atoms with Crippen LogP contribution < -0.4 is 0 Å². The molecule has 1 aromatic rings. The molecule has 1 heterocycles. The lowest BCUT2D eigenvalue weighted by Crippen LogP contribution is -2.37. The molecule has 0 saturated heterocycles. The third kappa shape index (κ3) is 6.66. The van der Waals surface area contributed by atoms with Crippen molar-refractivity contribution in [3.63, 3.8) is 0 Å². The molecule has 0 aliphatic carbocycles. The van der Waals surface area contributed by atoms with Gasteiger partial charge in [0, 0.05) is 22.8 Å². The van der Waals surface area contributed by atoms with Crippen LogP contribution in [0.4, 0.5) is 0 Å².